The van der Waals surface area contributed by atoms with Gasteiger partial charge in [0.25, 0.3) is 17.1 Å². The van der Waals surface area contributed by atoms with Crippen LogP contribution in [0.1, 0.15) is 37.3 Å². The predicted molar refractivity (Wildman–Crippen MR) is 171 cm³/mol. The Morgan fingerprint density at radius 2 is 1.46 bits per heavy atom. The lowest BCUT2D eigenvalue weighted by molar-refractivity contribution is -0.0975. The summed E-state index contributed by atoms with van der Waals surface area (Å²) < 4.78 is 18.9. The van der Waals surface area contributed by atoms with E-state index in [-0.39, 0.29) is 21.1 Å². The van der Waals surface area contributed by atoms with Crippen LogP contribution in [0.2, 0.25) is 0 Å². The maximum absolute atomic E-state index is 14.0. The third kappa shape index (κ3) is 5.70. The lowest BCUT2D eigenvalue weighted by atomic mass is 9.91. The molecule has 0 unspecified atom stereocenters. The largest absolute Gasteiger partial charge is 0.450 e. The minimum absolute atomic E-state index is 0.0239. The normalized spacial score (nSPS) is 21.7. The van der Waals surface area contributed by atoms with Gasteiger partial charge in [-0.15, -0.1) is 6.42 Å². The van der Waals surface area contributed by atoms with E-state index in [1.54, 1.807) is 77.2 Å². The molecule has 3 aromatic carbocycles. The second-order valence-corrected chi connectivity index (χ2v) is 10.6. The standard InChI is InChI=1S/C32H22IN5O8/c1-2-31(45-27(42)23-16-10-5-11-17-23)28(44-26(41)22-14-8-4-9-15-22)32(20-33,35-36-34)46-29(31)37-19-18-24(39)38(30(37)43)25(40)21-12-6-3-7-13-21/h1,3-19,28-29H,20H2/t28-,29+,31+,32+/m0/s1. The summed E-state index contributed by atoms with van der Waals surface area (Å²) in [6, 6.07) is 23.9. The lowest BCUT2D eigenvalue weighted by Crippen LogP contribution is -2.56. The lowest BCUT2D eigenvalue weighted by Gasteiger charge is -2.35. The second-order valence-electron chi connectivity index (χ2n) is 9.83. The Morgan fingerprint density at radius 1 is 0.913 bits per heavy atom. The Morgan fingerprint density at radius 3 is 1.98 bits per heavy atom. The third-order valence-corrected chi connectivity index (χ3v) is 8.20. The number of hydrogen-bond acceptors (Lipinski definition) is 9. The Labute approximate surface area is 274 Å². The van der Waals surface area contributed by atoms with Gasteiger partial charge in [-0.2, -0.15) is 4.57 Å². The number of hydrogen-bond donors (Lipinski definition) is 0. The molecule has 5 rings (SSSR count). The van der Waals surface area contributed by atoms with Gasteiger partial charge in [0.1, 0.15) is 0 Å². The van der Waals surface area contributed by atoms with Gasteiger partial charge in [-0.1, -0.05) is 82.3 Å². The predicted octanol–water partition coefficient (Wildman–Crippen LogP) is 4.12. The topological polar surface area (TPSA) is 172 Å². The summed E-state index contributed by atoms with van der Waals surface area (Å²) in [6.45, 7) is 0. The number of nitrogens with zero attached hydrogens (tertiary/aromatic N) is 5. The van der Waals surface area contributed by atoms with E-state index in [2.05, 4.69) is 15.9 Å². The number of aromatic nitrogens is 2. The average molecular weight is 731 g/mol. The molecule has 0 spiro atoms. The van der Waals surface area contributed by atoms with E-state index >= 15 is 0 Å². The second kappa shape index (κ2) is 13.2. The number of alkyl halides is 1. The maximum Gasteiger partial charge on any atom is 0.340 e. The van der Waals surface area contributed by atoms with Gasteiger partial charge in [0.2, 0.25) is 0 Å². The van der Waals surface area contributed by atoms with Crippen LogP contribution in [0.5, 0.6) is 0 Å². The highest BCUT2D eigenvalue weighted by Crippen LogP contribution is 2.50. The molecule has 0 bridgehead atoms. The number of halogens is 1. The first-order valence-electron chi connectivity index (χ1n) is 13.5. The van der Waals surface area contributed by atoms with E-state index < -0.39 is 52.8 Å². The summed E-state index contributed by atoms with van der Waals surface area (Å²) in [5.74, 6) is -0.562. The van der Waals surface area contributed by atoms with Crippen LogP contribution in [0.3, 0.4) is 0 Å². The molecule has 230 valence electrons. The zero-order chi connectivity index (χ0) is 32.9. The van der Waals surface area contributed by atoms with Crippen molar-refractivity contribution < 1.29 is 28.6 Å². The van der Waals surface area contributed by atoms with Crippen LogP contribution in [-0.4, -0.2) is 48.8 Å². The molecule has 4 aromatic rings. The van der Waals surface area contributed by atoms with Crippen molar-refractivity contribution in [1.29, 1.82) is 0 Å². The van der Waals surface area contributed by atoms with Crippen molar-refractivity contribution in [2.45, 2.75) is 23.7 Å². The average Bonchev–Trinajstić information content (AvgIpc) is 3.34. The summed E-state index contributed by atoms with van der Waals surface area (Å²) in [6.07, 6.45) is 3.34. The smallest absolute Gasteiger partial charge is 0.340 e. The van der Waals surface area contributed by atoms with Crippen molar-refractivity contribution in [3.8, 4) is 12.3 Å². The molecule has 1 aliphatic rings. The molecule has 0 aliphatic carbocycles. The molecule has 1 fully saturated rings. The maximum atomic E-state index is 14.0. The summed E-state index contributed by atoms with van der Waals surface area (Å²) in [5.41, 5.74) is 2.89. The van der Waals surface area contributed by atoms with Gasteiger partial charge < -0.3 is 14.2 Å². The molecule has 1 saturated heterocycles. The summed E-state index contributed by atoms with van der Waals surface area (Å²) in [5, 5.41) is 3.79. The fourth-order valence-electron chi connectivity index (χ4n) is 4.91. The van der Waals surface area contributed by atoms with Crippen molar-refractivity contribution in [1.82, 2.24) is 9.13 Å². The minimum Gasteiger partial charge on any atom is -0.450 e. The van der Waals surface area contributed by atoms with Gasteiger partial charge in [-0.3, -0.25) is 14.2 Å². The molecule has 1 aliphatic heterocycles. The quantitative estimate of drug-likeness (QED) is 0.0496. The highest BCUT2D eigenvalue weighted by atomic mass is 127. The van der Waals surface area contributed by atoms with Gasteiger partial charge >= 0.3 is 17.6 Å². The minimum atomic E-state index is -2.50. The zero-order valence-electron chi connectivity index (χ0n) is 23.6. The Balaban J connectivity index is 1.74. The highest BCUT2D eigenvalue weighted by Gasteiger charge is 2.69. The van der Waals surface area contributed by atoms with E-state index in [1.165, 1.54) is 36.4 Å². The van der Waals surface area contributed by atoms with Crippen LogP contribution in [0, 0.1) is 12.3 Å². The number of carbonyl (C=O) groups is 3. The highest BCUT2D eigenvalue weighted by molar-refractivity contribution is 14.1. The first-order valence-corrected chi connectivity index (χ1v) is 15.0. The number of esters is 2. The van der Waals surface area contributed by atoms with Crippen LogP contribution in [0.4, 0.5) is 0 Å². The SMILES string of the molecule is C#C[C@]1(OC(=O)c2ccccc2)[C@H](n2ccc(=O)n(C(=O)c3ccccc3)c2=O)O[C@@](CI)(N=[N+]=[N-])[C@H]1OC(=O)c1ccccc1. The number of azide groups is 1. The van der Waals surface area contributed by atoms with E-state index in [9.17, 15) is 29.5 Å². The Kier molecular flexibility index (Phi) is 9.19. The fraction of sp³-hybridized carbons (Fsp3) is 0.156. The van der Waals surface area contributed by atoms with E-state index in [0.717, 1.165) is 16.8 Å². The number of benzene rings is 3. The van der Waals surface area contributed by atoms with Crippen LogP contribution < -0.4 is 11.2 Å². The molecule has 46 heavy (non-hydrogen) atoms. The van der Waals surface area contributed by atoms with Crippen molar-refractivity contribution in [2.75, 3.05) is 4.43 Å². The molecule has 0 amide bonds. The molecule has 14 heteroatoms. The van der Waals surface area contributed by atoms with Crippen molar-refractivity contribution >= 4 is 40.4 Å². The van der Waals surface area contributed by atoms with Gasteiger partial charge in [-0.25, -0.2) is 14.4 Å². The third-order valence-electron chi connectivity index (χ3n) is 7.11. The molecular weight excluding hydrogens is 709 g/mol. The summed E-state index contributed by atoms with van der Waals surface area (Å²) >= 11 is 1.80. The van der Waals surface area contributed by atoms with E-state index in [0.29, 0.717) is 4.57 Å². The van der Waals surface area contributed by atoms with Gasteiger partial charge in [0.15, 0.2) is 18.1 Å². The summed E-state index contributed by atoms with van der Waals surface area (Å²) in [4.78, 5) is 70.1. The fourth-order valence-corrected chi connectivity index (χ4v) is 5.65. The zero-order valence-corrected chi connectivity index (χ0v) is 25.8. The molecule has 4 atom stereocenters. The molecule has 0 saturated carbocycles. The van der Waals surface area contributed by atoms with Crippen LogP contribution in [0.15, 0.2) is 118 Å². The number of ether oxygens (including phenoxy) is 3. The Hall–Kier alpha value is -5.49. The monoisotopic (exact) mass is 731 g/mol. The molecular formula is C32H22IN5O8. The molecule has 2 heterocycles. The molecule has 1 aromatic heterocycles. The number of carbonyl (C=O) groups excluding carboxylic acids is 3. The van der Waals surface area contributed by atoms with Gasteiger partial charge in [0, 0.05) is 27.2 Å². The summed E-state index contributed by atoms with van der Waals surface area (Å²) in [7, 11) is 0. The molecule has 0 radical (unpaired) electrons. The van der Waals surface area contributed by atoms with Gasteiger partial charge in [-0.05, 0) is 47.8 Å². The number of terminal acetylenes is 1. The molecule has 13 nitrogen and oxygen atoms in total. The van der Waals surface area contributed by atoms with Crippen molar-refractivity contribution in [2.24, 2.45) is 5.11 Å². The van der Waals surface area contributed by atoms with Crippen LogP contribution >= 0.6 is 22.6 Å². The van der Waals surface area contributed by atoms with Gasteiger partial charge in [0.05, 0.1) is 11.1 Å². The van der Waals surface area contributed by atoms with E-state index in [1.807, 2.05) is 0 Å². The first kappa shape index (κ1) is 31.9. The van der Waals surface area contributed by atoms with Crippen LogP contribution in [-0.2, 0) is 14.2 Å². The Bertz CT molecular complexity index is 2010. The van der Waals surface area contributed by atoms with E-state index in [4.69, 9.17) is 20.6 Å². The first-order chi connectivity index (χ1) is 22.2. The molecule has 0 N–H and O–H groups in total. The van der Waals surface area contributed by atoms with Crippen molar-refractivity contribution in [3.63, 3.8) is 0 Å². The van der Waals surface area contributed by atoms with Crippen LogP contribution in [0.25, 0.3) is 10.4 Å². The number of rotatable bonds is 8. The van der Waals surface area contributed by atoms with Crippen molar-refractivity contribution in [3.05, 3.63) is 151 Å².